The molecule has 0 aliphatic carbocycles. The Labute approximate surface area is 140 Å². The Bertz CT molecular complexity index is 911. The van der Waals surface area contributed by atoms with Gasteiger partial charge in [-0.3, -0.25) is 4.98 Å². The van der Waals surface area contributed by atoms with Crippen molar-refractivity contribution >= 4 is 5.97 Å². The Morgan fingerprint density at radius 2 is 1.71 bits per heavy atom. The van der Waals surface area contributed by atoms with E-state index in [1.807, 2.05) is 36.4 Å². The van der Waals surface area contributed by atoms with Crippen LogP contribution in [0.2, 0.25) is 0 Å². The van der Waals surface area contributed by atoms with Crippen LogP contribution in [0.5, 0.6) is 5.75 Å². The Hall–Kier alpha value is -3.45. The predicted molar refractivity (Wildman–Crippen MR) is 90.5 cm³/mol. The number of rotatable bonds is 3. The lowest BCUT2D eigenvalue weighted by atomic mass is 10.1. The van der Waals surface area contributed by atoms with E-state index in [1.165, 1.54) is 0 Å². The summed E-state index contributed by atoms with van der Waals surface area (Å²) in [5, 5.41) is 8.78. The largest absolute Gasteiger partial charge is 0.423 e. The lowest BCUT2D eigenvalue weighted by Gasteiger charge is -2.08. The molecular weight excluding hydrogens is 300 g/mol. The fourth-order valence-electron chi connectivity index (χ4n) is 2.31. The van der Waals surface area contributed by atoms with Gasteiger partial charge in [0.2, 0.25) is 0 Å². The zero-order valence-corrected chi connectivity index (χ0v) is 13.1. The first kappa shape index (κ1) is 15.4. The van der Waals surface area contributed by atoms with Crippen molar-refractivity contribution in [1.29, 1.82) is 5.26 Å². The van der Waals surface area contributed by atoms with E-state index in [2.05, 4.69) is 4.98 Å². The van der Waals surface area contributed by atoms with E-state index in [9.17, 15) is 4.79 Å². The molecule has 0 aliphatic rings. The molecule has 0 amide bonds. The number of hydrogen-bond donors (Lipinski definition) is 0. The highest BCUT2D eigenvalue weighted by Gasteiger charge is 2.13. The van der Waals surface area contributed by atoms with Crippen molar-refractivity contribution in [2.24, 2.45) is 0 Å². The molecule has 1 heterocycles. The molecule has 0 unspecified atom stereocenters. The van der Waals surface area contributed by atoms with Gasteiger partial charge in [-0.05, 0) is 43.3 Å². The van der Waals surface area contributed by atoms with Gasteiger partial charge in [-0.15, -0.1) is 0 Å². The predicted octanol–water partition coefficient (Wildman–Crippen LogP) is 4.15. The summed E-state index contributed by atoms with van der Waals surface area (Å²) in [5.74, 6) is -0.0742. The molecule has 0 radical (unpaired) electrons. The number of hydrogen-bond acceptors (Lipinski definition) is 4. The van der Waals surface area contributed by atoms with Crippen LogP contribution >= 0.6 is 0 Å². The first-order valence-electron chi connectivity index (χ1n) is 7.43. The molecule has 1 aromatic heterocycles. The van der Waals surface area contributed by atoms with Crippen molar-refractivity contribution in [3.05, 3.63) is 83.6 Å². The van der Waals surface area contributed by atoms with Gasteiger partial charge in [0, 0.05) is 5.56 Å². The molecule has 0 N–H and O–H groups in total. The van der Waals surface area contributed by atoms with E-state index in [0.29, 0.717) is 22.6 Å². The van der Waals surface area contributed by atoms with Gasteiger partial charge in [0.15, 0.2) is 0 Å². The lowest BCUT2D eigenvalue weighted by molar-refractivity contribution is 0.0733. The number of carbonyl (C=O) groups is 1. The van der Waals surface area contributed by atoms with Crippen LogP contribution in [0.25, 0.3) is 11.3 Å². The molecule has 3 aromatic rings. The highest BCUT2D eigenvalue weighted by molar-refractivity contribution is 5.92. The number of benzene rings is 2. The molecule has 0 fully saturated rings. The summed E-state index contributed by atoms with van der Waals surface area (Å²) in [7, 11) is 0. The molecule has 116 valence electrons. The number of nitrogens with zero attached hydrogens (tertiary/aromatic N) is 2. The van der Waals surface area contributed by atoms with Gasteiger partial charge >= 0.3 is 5.97 Å². The summed E-state index contributed by atoms with van der Waals surface area (Å²) < 4.78 is 5.34. The SMILES string of the molecule is Cc1nc(-c2ccccc2)ccc1C(=O)Oc1ccc(C#N)cc1. The zero-order chi connectivity index (χ0) is 16.9. The molecular formula is C20H14N2O2. The summed E-state index contributed by atoms with van der Waals surface area (Å²) >= 11 is 0. The van der Waals surface area contributed by atoms with Crippen LogP contribution in [0.1, 0.15) is 21.6 Å². The Kier molecular flexibility index (Phi) is 4.35. The summed E-state index contributed by atoms with van der Waals surface area (Å²) in [6, 6.07) is 21.7. The minimum atomic E-state index is -0.468. The quantitative estimate of drug-likeness (QED) is 0.538. The fraction of sp³-hybridized carbons (Fsp3) is 0.0500. The average Bonchev–Trinajstić information content (AvgIpc) is 2.63. The Morgan fingerprint density at radius 1 is 1.00 bits per heavy atom. The van der Waals surface area contributed by atoms with E-state index in [1.54, 1.807) is 43.3 Å². The smallest absolute Gasteiger partial charge is 0.345 e. The first-order chi connectivity index (χ1) is 11.7. The monoisotopic (exact) mass is 314 g/mol. The second-order valence-electron chi connectivity index (χ2n) is 5.22. The summed E-state index contributed by atoms with van der Waals surface area (Å²) in [4.78, 5) is 16.8. The number of nitriles is 1. The highest BCUT2D eigenvalue weighted by atomic mass is 16.5. The number of carbonyl (C=O) groups excluding carboxylic acids is 1. The molecule has 0 saturated heterocycles. The third-order valence-corrected chi connectivity index (χ3v) is 3.57. The van der Waals surface area contributed by atoms with E-state index in [4.69, 9.17) is 10.00 Å². The van der Waals surface area contributed by atoms with Crippen LogP contribution in [-0.2, 0) is 0 Å². The topological polar surface area (TPSA) is 63.0 Å². The molecule has 0 spiro atoms. The van der Waals surface area contributed by atoms with Crippen molar-refractivity contribution in [2.45, 2.75) is 6.92 Å². The first-order valence-corrected chi connectivity index (χ1v) is 7.43. The molecule has 24 heavy (non-hydrogen) atoms. The minimum absolute atomic E-state index is 0.394. The van der Waals surface area contributed by atoms with Crippen LogP contribution in [-0.4, -0.2) is 11.0 Å². The maximum absolute atomic E-state index is 12.3. The van der Waals surface area contributed by atoms with Crippen LogP contribution < -0.4 is 4.74 Å². The van der Waals surface area contributed by atoms with Gasteiger partial charge in [-0.25, -0.2) is 4.79 Å². The lowest BCUT2D eigenvalue weighted by Crippen LogP contribution is -2.11. The molecule has 4 nitrogen and oxygen atoms in total. The third-order valence-electron chi connectivity index (χ3n) is 3.57. The summed E-state index contributed by atoms with van der Waals surface area (Å²) in [5.41, 5.74) is 3.34. The van der Waals surface area contributed by atoms with E-state index < -0.39 is 5.97 Å². The molecule has 2 aromatic carbocycles. The number of aryl methyl sites for hydroxylation is 1. The Morgan fingerprint density at radius 3 is 2.33 bits per heavy atom. The van der Waals surface area contributed by atoms with Gasteiger partial charge < -0.3 is 4.74 Å². The van der Waals surface area contributed by atoms with Crippen LogP contribution in [0.4, 0.5) is 0 Å². The van der Waals surface area contributed by atoms with Crippen LogP contribution in [0.15, 0.2) is 66.7 Å². The average molecular weight is 314 g/mol. The Balaban J connectivity index is 1.81. The van der Waals surface area contributed by atoms with Crippen molar-refractivity contribution in [2.75, 3.05) is 0 Å². The number of ether oxygens (including phenoxy) is 1. The molecule has 0 bridgehead atoms. The number of aromatic nitrogens is 1. The van der Waals surface area contributed by atoms with E-state index in [-0.39, 0.29) is 0 Å². The maximum atomic E-state index is 12.3. The third kappa shape index (κ3) is 3.31. The van der Waals surface area contributed by atoms with Crippen molar-refractivity contribution < 1.29 is 9.53 Å². The van der Waals surface area contributed by atoms with Crippen molar-refractivity contribution in [1.82, 2.24) is 4.98 Å². The van der Waals surface area contributed by atoms with Crippen LogP contribution in [0.3, 0.4) is 0 Å². The van der Waals surface area contributed by atoms with Crippen molar-refractivity contribution in [3.63, 3.8) is 0 Å². The standard InChI is InChI=1S/C20H14N2O2/c1-14-18(11-12-19(22-14)16-5-3-2-4-6-16)20(23)24-17-9-7-15(13-21)8-10-17/h2-12H,1H3. The van der Waals surface area contributed by atoms with E-state index in [0.717, 1.165) is 11.3 Å². The molecule has 0 atom stereocenters. The van der Waals surface area contributed by atoms with Gasteiger partial charge in [0.1, 0.15) is 5.75 Å². The molecule has 3 rings (SSSR count). The van der Waals surface area contributed by atoms with Gasteiger partial charge in [0.05, 0.1) is 28.6 Å². The molecule has 0 saturated carbocycles. The minimum Gasteiger partial charge on any atom is -0.423 e. The van der Waals surface area contributed by atoms with Gasteiger partial charge in [0.25, 0.3) is 0 Å². The van der Waals surface area contributed by atoms with Crippen LogP contribution in [0, 0.1) is 18.3 Å². The molecule has 4 heteroatoms. The van der Waals surface area contributed by atoms with Crippen molar-refractivity contribution in [3.8, 4) is 23.1 Å². The normalized spacial score (nSPS) is 10.0. The van der Waals surface area contributed by atoms with Gasteiger partial charge in [-0.1, -0.05) is 30.3 Å². The summed E-state index contributed by atoms with van der Waals surface area (Å²) in [6.45, 7) is 1.78. The maximum Gasteiger partial charge on any atom is 0.345 e. The second-order valence-corrected chi connectivity index (χ2v) is 5.22. The fourth-order valence-corrected chi connectivity index (χ4v) is 2.31. The van der Waals surface area contributed by atoms with Gasteiger partial charge in [-0.2, -0.15) is 5.26 Å². The van der Waals surface area contributed by atoms with E-state index >= 15 is 0 Å². The number of pyridine rings is 1. The molecule has 0 aliphatic heterocycles. The zero-order valence-electron chi connectivity index (χ0n) is 13.1. The number of esters is 1. The summed E-state index contributed by atoms with van der Waals surface area (Å²) in [6.07, 6.45) is 0. The second kappa shape index (κ2) is 6.76. The highest BCUT2D eigenvalue weighted by Crippen LogP contribution is 2.20.